The van der Waals surface area contributed by atoms with Crippen LogP contribution in [-0.4, -0.2) is 56.8 Å². The van der Waals surface area contributed by atoms with Crippen molar-refractivity contribution >= 4 is 17.0 Å². The maximum absolute atomic E-state index is 13.2. The second-order valence-corrected chi connectivity index (χ2v) is 8.80. The van der Waals surface area contributed by atoms with Crippen LogP contribution < -0.4 is 4.90 Å². The molecule has 0 radical (unpaired) electrons. The van der Waals surface area contributed by atoms with E-state index in [0.29, 0.717) is 25.6 Å². The number of rotatable bonds is 7. The molecule has 2 aliphatic rings. The number of alkyl halides is 2. The number of halogens is 2. The fourth-order valence-electron chi connectivity index (χ4n) is 4.14. The highest BCUT2D eigenvalue weighted by Gasteiger charge is 2.37. The Balaban J connectivity index is 1.20. The van der Waals surface area contributed by atoms with Gasteiger partial charge in [0.05, 0.1) is 23.7 Å². The summed E-state index contributed by atoms with van der Waals surface area (Å²) in [4.78, 5) is 5.64. The highest BCUT2D eigenvalue weighted by molar-refractivity contribution is 7.14. The number of benzene rings is 1. The molecule has 0 unspecified atom stereocenters. The van der Waals surface area contributed by atoms with Crippen LogP contribution in [0.3, 0.4) is 0 Å². The number of nitrogens with zero attached hydrogens (tertiary/aromatic N) is 2. The second-order valence-electron chi connectivity index (χ2n) is 7.89. The number of ether oxygens (including phenoxy) is 1. The molecule has 28 heavy (non-hydrogen) atoms. The molecular formula is C22H28F2N2OS. The summed E-state index contributed by atoms with van der Waals surface area (Å²) in [6.07, 6.45) is 2.22. The molecule has 2 aromatic rings. The topological polar surface area (TPSA) is 15.7 Å². The molecule has 2 fully saturated rings. The predicted molar refractivity (Wildman–Crippen MR) is 112 cm³/mol. The summed E-state index contributed by atoms with van der Waals surface area (Å²) in [5, 5.41) is 2.18. The monoisotopic (exact) mass is 406 g/mol. The molecular weight excluding hydrogens is 378 g/mol. The van der Waals surface area contributed by atoms with E-state index in [2.05, 4.69) is 46.7 Å². The maximum Gasteiger partial charge on any atom is 0.261 e. The van der Waals surface area contributed by atoms with Crippen LogP contribution >= 0.6 is 11.3 Å². The molecule has 152 valence electrons. The van der Waals surface area contributed by atoms with Gasteiger partial charge in [0.15, 0.2) is 0 Å². The van der Waals surface area contributed by atoms with Gasteiger partial charge in [0.2, 0.25) is 0 Å². The third kappa shape index (κ3) is 4.91. The molecule has 1 aromatic carbocycles. The van der Waals surface area contributed by atoms with E-state index in [9.17, 15) is 8.78 Å². The lowest BCUT2D eigenvalue weighted by atomic mass is 9.97. The van der Waals surface area contributed by atoms with E-state index < -0.39 is 5.92 Å². The summed E-state index contributed by atoms with van der Waals surface area (Å²) in [5.41, 5.74) is 2.62. The normalized spacial score (nSPS) is 20.7. The van der Waals surface area contributed by atoms with Gasteiger partial charge in [-0.1, -0.05) is 30.3 Å². The Kier molecular flexibility index (Phi) is 6.28. The second kappa shape index (κ2) is 8.89. The zero-order valence-corrected chi connectivity index (χ0v) is 17.0. The van der Waals surface area contributed by atoms with Crippen molar-refractivity contribution < 1.29 is 13.5 Å². The van der Waals surface area contributed by atoms with Crippen LogP contribution in [0.25, 0.3) is 10.4 Å². The van der Waals surface area contributed by atoms with E-state index >= 15 is 0 Å². The molecule has 2 aliphatic heterocycles. The molecule has 0 saturated carbocycles. The van der Waals surface area contributed by atoms with Crippen LogP contribution in [0.2, 0.25) is 0 Å². The molecule has 0 N–H and O–H groups in total. The van der Waals surface area contributed by atoms with E-state index in [0.717, 1.165) is 32.5 Å². The van der Waals surface area contributed by atoms with Gasteiger partial charge >= 0.3 is 0 Å². The molecule has 3 heterocycles. The smallest absolute Gasteiger partial charge is 0.261 e. The van der Waals surface area contributed by atoms with Gasteiger partial charge in [0.1, 0.15) is 0 Å². The first-order valence-electron chi connectivity index (χ1n) is 10.2. The fraction of sp³-hybridized carbons (Fsp3) is 0.545. The van der Waals surface area contributed by atoms with Crippen molar-refractivity contribution in [1.82, 2.24) is 4.90 Å². The average Bonchev–Trinajstić information content (AvgIpc) is 3.33. The fourth-order valence-corrected chi connectivity index (χ4v) is 5.06. The van der Waals surface area contributed by atoms with Crippen molar-refractivity contribution in [2.24, 2.45) is 5.92 Å². The highest BCUT2D eigenvalue weighted by atomic mass is 32.1. The molecule has 6 heteroatoms. The van der Waals surface area contributed by atoms with E-state index in [4.69, 9.17) is 4.74 Å². The number of likely N-dealkylation sites (tertiary alicyclic amines) is 1. The molecule has 3 nitrogen and oxygen atoms in total. The van der Waals surface area contributed by atoms with E-state index in [1.165, 1.54) is 16.1 Å². The zero-order valence-electron chi connectivity index (χ0n) is 16.2. The van der Waals surface area contributed by atoms with E-state index in [1.807, 2.05) is 4.90 Å². The Morgan fingerprint density at radius 3 is 2.57 bits per heavy atom. The summed E-state index contributed by atoms with van der Waals surface area (Å²) >= 11 is 1.80. The quantitative estimate of drug-likeness (QED) is 0.603. The first-order chi connectivity index (χ1) is 13.6. The summed E-state index contributed by atoms with van der Waals surface area (Å²) in [7, 11) is 0. The number of hydrogen-bond acceptors (Lipinski definition) is 4. The zero-order chi connectivity index (χ0) is 19.4. The Bertz CT molecular complexity index is 744. The first kappa shape index (κ1) is 19.8. The minimum Gasteiger partial charge on any atom is -0.380 e. The Hall–Kier alpha value is -1.50. The molecule has 1 aromatic heterocycles. The molecule has 0 amide bonds. The summed E-state index contributed by atoms with van der Waals surface area (Å²) in [6, 6.07) is 12.8. The van der Waals surface area contributed by atoms with Gasteiger partial charge in [-0.2, -0.15) is 0 Å². The van der Waals surface area contributed by atoms with Crippen LogP contribution in [0.5, 0.6) is 0 Å². The van der Waals surface area contributed by atoms with Crippen molar-refractivity contribution in [1.29, 1.82) is 0 Å². The van der Waals surface area contributed by atoms with Crippen LogP contribution in [0.1, 0.15) is 19.3 Å². The Labute approximate surface area is 169 Å². The largest absolute Gasteiger partial charge is 0.380 e. The number of anilines is 1. The maximum atomic E-state index is 13.2. The molecule has 2 saturated heterocycles. The van der Waals surface area contributed by atoms with E-state index in [-0.39, 0.29) is 13.0 Å². The predicted octanol–water partition coefficient (Wildman–Crippen LogP) is 4.99. The lowest BCUT2D eigenvalue weighted by Crippen LogP contribution is -2.35. The van der Waals surface area contributed by atoms with Crippen molar-refractivity contribution in [2.45, 2.75) is 25.2 Å². The van der Waals surface area contributed by atoms with Crippen molar-refractivity contribution in [3.63, 3.8) is 0 Å². The lowest BCUT2D eigenvalue weighted by molar-refractivity contribution is 0.00762. The van der Waals surface area contributed by atoms with Gasteiger partial charge < -0.3 is 9.64 Å². The summed E-state index contributed by atoms with van der Waals surface area (Å²) < 4.78 is 32.2. The molecule has 0 aliphatic carbocycles. The standard InChI is InChI=1S/C22H28F2N2OS/c23-22(24)9-12-25(17-22)13-14-27-16-18-6-10-26(11-7-18)20-8-15-28-21(20)19-4-2-1-3-5-19/h1-5,8,15,18H,6-7,9-14,16-17H2. The molecule has 4 rings (SSSR count). The molecule has 0 atom stereocenters. The number of thiophene rings is 1. The third-order valence-electron chi connectivity index (χ3n) is 5.79. The Morgan fingerprint density at radius 1 is 1.07 bits per heavy atom. The molecule has 0 bridgehead atoms. The minimum atomic E-state index is -2.51. The van der Waals surface area contributed by atoms with Crippen molar-refractivity contribution in [3.05, 3.63) is 41.8 Å². The summed E-state index contributed by atoms with van der Waals surface area (Å²) in [5.74, 6) is -1.94. The van der Waals surface area contributed by atoms with Gasteiger partial charge in [0, 0.05) is 39.2 Å². The van der Waals surface area contributed by atoms with Crippen molar-refractivity contribution in [2.75, 3.05) is 50.8 Å². The average molecular weight is 407 g/mol. The third-order valence-corrected chi connectivity index (χ3v) is 6.74. The minimum absolute atomic E-state index is 0.0149. The van der Waals surface area contributed by atoms with Crippen LogP contribution in [0, 0.1) is 5.92 Å². The van der Waals surface area contributed by atoms with Crippen molar-refractivity contribution in [3.8, 4) is 10.4 Å². The summed E-state index contributed by atoms with van der Waals surface area (Å²) in [6.45, 7) is 4.38. The van der Waals surface area contributed by atoms with Gasteiger partial charge in [-0.05, 0) is 35.8 Å². The van der Waals surface area contributed by atoms with Crippen LogP contribution in [-0.2, 0) is 4.74 Å². The number of piperidine rings is 1. The van der Waals surface area contributed by atoms with Gasteiger partial charge in [-0.15, -0.1) is 11.3 Å². The number of hydrogen-bond donors (Lipinski definition) is 0. The van der Waals surface area contributed by atoms with E-state index in [1.54, 1.807) is 11.3 Å². The SMILES string of the molecule is FC1(F)CCN(CCOCC2CCN(c3ccsc3-c3ccccc3)CC2)C1. The molecule has 0 spiro atoms. The van der Waals surface area contributed by atoms with Gasteiger partial charge in [-0.3, -0.25) is 4.90 Å². The van der Waals surface area contributed by atoms with Crippen LogP contribution in [0.4, 0.5) is 14.5 Å². The first-order valence-corrected chi connectivity index (χ1v) is 11.0. The van der Waals surface area contributed by atoms with Gasteiger partial charge in [0.25, 0.3) is 5.92 Å². The Morgan fingerprint density at radius 2 is 1.86 bits per heavy atom. The lowest BCUT2D eigenvalue weighted by Gasteiger charge is -2.33. The van der Waals surface area contributed by atoms with Gasteiger partial charge in [-0.25, -0.2) is 8.78 Å². The van der Waals surface area contributed by atoms with Crippen LogP contribution in [0.15, 0.2) is 41.8 Å². The highest BCUT2D eigenvalue weighted by Crippen LogP contribution is 2.37.